The largest absolute Gasteiger partial charge is 0.338 e. The lowest BCUT2D eigenvalue weighted by Crippen LogP contribution is -2.25. The summed E-state index contributed by atoms with van der Waals surface area (Å²) in [5.41, 5.74) is 5.58. The van der Waals surface area contributed by atoms with E-state index in [1.165, 1.54) is 0 Å². The average molecular weight is 209 g/mol. The monoisotopic (exact) mass is 209 g/mol. The molecule has 2 N–H and O–H groups in total. The van der Waals surface area contributed by atoms with Crippen molar-refractivity contribution in [2.24, 2.45) is 18.7 Å². The third kappa shape index (κ3) is 3.16. The number of hydrogen-bond donors (Lipinski definition) is 1. The van der Waals surface area contributed by atoms with E-state index in [4.69, 9.17) is 5.73 Å². The van der Waals surface area contributed by atoms with Gasteiger partial charge in [0.25, 0.3) is 0 Å². The third-order valence-corrected chi connectivity index (χ3v) is 2.63. The first-order valence-electron chi connectivity index (χ1n) is 5.38. The van der Waals surface area contributed by atoms with E-state index < -0.39 is 0 Å². The molecule has 0 fully saturated rings. The Bertz CT molecular complexity index is 319. The van der Waals surface area contributed by atoms with Gasteiger partial charge in [-0.2, -0.15) is 0 Å². The van der Waals surface area contributed by atoms with Crippen LogP contribution in [0.15, 0.2) is 12.4 Å². The Labute approximate surface area is 90.5 Å². The zero-order valence-corrected chi connectivity index (χ0v) is 9.44. The molecule has 0 aliphatic carbocycles. The Morgan fingerprint density at radius 2 is 2.40 bits per heavy atom. The molecular weight excluding hydrogens is 190 g/mol. The lowest BCUT2D eigenvalue weighted by atomic mass is 9.96. The quantitative estimate of drug-likeness (QED) is 0.757. The molecular formula is C11H19N3O. The second-order valence-electron chi connectivity index (χ2n) is 3.82. The van der Waals surface area contributed by atoms with E-state index in [1.807, 2.05) is 17.8 Å². The minimum Gasteiger partial charge on any atom is -0.338 e. The van der Waals surface area contributed by atoms with Crippen LogP contribution in [0.2, 0.25) is 0 Å². The highest BCUT2D eigenvalue weighted by atomic mass is 16.1. The molecule has 0 radical (unpaired) electrons. The molecule has 4 nitrogen and oxygen atoms in total. The molecule has 1 unspecified atom stereocenters. The van der Waals surface area contributed by atoms with Crippen LogP contribution in [0.5, 0.6) is 0 Å². The van der Waals surface area contributed by atoms with Gasteiger partial charge in [-0.05, 0) is 6.42 Å². The topological polar surface area (TPSA) is 60.9 Å². The van der Waals surface area contributed by atoms with Crippen molar-refractivity contribution in [3.63, 3.8) is 0 Å². The number of imidazole rings is 1. The maximum absolute atomic E-state index is 11.9. The standard InChI is InChI=1S/C11H19N3O/c1-3-4-9(8-12)10(15)7-11-13-5-6-14(11)2/h5-6,9H,3-4,7-8,12H2,1-2H3. The summed E-state index contributed by atoms with van der Waals surface area (Å²) in [6.45, 7) is 2.51. The third-order valence-electron chi connectivity index (χ3n) is 2.63. The zero-order chi connectivity index (χ0) is 11.3. The Balaban J connectivity index is 2.58. The van der Waals surface area contributed by atoms with Gasteiger partial charge in [-0.25, -0.2) is 4.98 Å². The van der Waals surface area contributed by atoms with Crippen LogP contribution < -0.4 is 5.73 Å². The van der Waals surface area contributed by atoms with Crippen LogP contribution in [0.1, 0.15) is 25.6 Å². The van der Waals surface area contributed by atoms with Crippen molar-refractivity contribution in [2.75, 3.05) is 6.54 Å². The van der Waals surface area contributed by atoms with Crippen LogP contribution in [-0.4, -0.2) is 21.9 Å². The van der Waals surface area contributed by atoms with Crippen LogP contribution >= 0.6 is 0 Å². The van der Waals surface area contributed by atoms with Gasteiger partial charge in [0, 0.05) is 31.9 Å². The van der Waals surface area contributed by atoms with Gasteiger partial charge in [0.1, 0.15) is 11.6 Å². The normalized spacial score (nSPS) is 12.7. The van der Waals surface area contributed by atoms with Gasteiger partial charge in [-0.1, -0.05) is 13.3 Å². The fourth-order valence-corrected chi connectivity index (χ4v) is 1.63. The Kier molecular flexibility index (Phi) is 4.49. The molecule has 1 aromatic rings. The molecule has 0 saturated heterocycles. The predicted octanol–water partition coefficient (Wildman–Crippen LogP) is 0.907. The molecule has 0 aliphatic heterocycles. The summed E-state index contributed by atoms with van der Waals surface area (Å²) < 4.78 is 1.87. The smallest absolute Gasteiger partial charge is 0.144 e. The number of carbonyl (C=O) groups is 1. The Hall–Kier alpha value is -1.16. The van der Waals surface area contributed by atoms with Crippen molar-refractivity contribution in [3.05, 3.63) is 18.2 Å². The summed E-state index contributed by atoms with van der Waals surface area (Å²) in [7, 11) is 1.90. The fourth-order valence-electron chi connectivity index (χ4n) is 1.63. The van der Waals surface area contributed by atoms with Crippen molar-refractivity contribution in [2.45, 2.75) is 26.2 Å². The van der Waals surface area contributed by atoms with Crippen LogP contribution in [-0.2, 0) is 18.3 Å². The van der Waals surface area contributed by atoms with E-state index >= 15 is 0 Å². The summed E-state index contributed by atoms with van der Waals surface area (Å²) in [5.74, 6) is 1.01. The summed E-state index contributed by atoms with van der Waals surface area (Å²) in [5, 5.41) is 0. The van der Waals surface area contributed by atoms with Crippen LogP contribution in [0.3, 0.4) is 0 Å². The van der Waals surface area contributed by atoms with E-state index in [1.54, 1.807) is 6.20 Å². The van der Waals surface area contributed by atoms with Crippen LogP contribution in [0, 0.1) is 5.92 Å². The summed E-state index contributed by atoms with van der Waals surface area (Å²) >= 11 is 0. The van der Waals surface area contributed by atoms with E-state index in [0.29, 0.717) is 13.0 Å². The van der Waals surface area contributed by atoms with Gasteiger partial charge < -0.3 is 10.3 Å². The number of rotatable bonds is 6. The lowest BCUT2D eigenvalue weighted by molar-refractivity contribution is -0.122. The second kappa shape index (κ2) is 5.66. The summed E-state index contributed by atoms with van der Waals surface area (Å²) in [6.07, 6.45) is 5.82. The Morgan fingerprint density at radius 3 is 2.87 bits per heavy atom. The van der Waals surface area contributed by atoms with Crippen molar-refractivity contribution in [1.29, 1.82) is 0 Å². The van der Waals surface area contributed by atoms with Gasteiger partial charge in [-0.3, -0.25) is 4.79 Å². The summed E-state index contributed by atoms with van der Waals surface area (Å²) in [4.78, 5) is 16.0. The number of nitrogens with two attached hydrogens (primary N) is 1. The van der Waals surface area contributed by atoms with Crippen LogP contribution in [0.4, 0.5) is 0 Å². The molecule has 4 heteroatoms. The first-order valence-corrected chi connectivity index (χ1v) is 5.38. The van der Waals surface area contributed by atoms with Gasteiger partial charge in [0.15, 0.2) is 0 Å². The Morgan fingerprint density at radius 1 is 1.67 bits per heavy atom. The number of aryl methyl sites for hydroxylation is 1. The number of Topliss-reactive ketones (excluding diaryl/α,β-unsaturated/α-hetero) is 1. The van der Waals surface area contributed by atoms with Crippen molar-refractivity contribution >= 4 is 5.78 Å². The molecule has 0 saturated carbocycles. The second-order valence-corrected chi connectivity index (χ2v) is 3.82. The number of ketones is 1. The van der Waals surface area contributed by atoms with E-state index in [9.17, 15) is 4.79 Å². The molecule has 1 rings (SSSR count). The fraction of sp³-hybridized carbons (Fsp3) is 0.636. The SMILES string of the molecule is CCCC(CN)C(=O)Cc1nccn1C. The zero-order valence-electron chi connectivity index (χ0n) is 9.44. The van der Waals surface area contributed by atoms with Crippen molar-refractivity contribution in [3.8, 4) is 0 Å². The van der Waals surface area contributed by atoms with E-state index in [0.717, 1.165) is 18.7 Å². The molecule has 0 spiro atoms. The average Bonchev–Trinajstić information content (AvgIpc) is 2.60. The molecule has 0 amide bonds. The van der Waals surface area contributed by atoms with Crippen molar-refractivity contribution < 1.29 is 4.79 Å². The summed E-state index contributed by atoms with van der Waals surface area (Å²) in [6, 6.07) is 0. The van der Waals surface area contributed by atoms with Crippen molar-refractivity contribution in [1.82, 2.24) is 9.55 Å². The molecule has 0 bridgehead atoms. The van der Waals surface area contributed by atoms with Gasteiger partial charge in [-0.15, -0.1) is 0 Å². The van der Waals surface area contributed by atoms with Gasteiger partial charge in [0.2, 0.25) is 0 Å². The molecule has 15 heavy (non-hydrogen) atoms. The maximum atomic E-state index is 11.9. The molecule has 0 aromatic carbocycles. The first-order chi connectivity index (χ1) is 7.19. The number of carbonyl (C=O) groups excluding carboxylic acids is 1. The molecule has 0 aliphatic rings. The van der Waals surface area contributed by atoms with Gasteiger partial charge in [0.05, 0.1) is 6.42 Å². The van der Waals surface area contributed by atoms with E-state index in [-0.39, 0.29) is 11.7 Å². The number of aromatic nitrogens is 2. The molecule has 1 atom stereocenters. The molecule has 1 aromatic heterocycles. The first kappa shape index (κ1) is 11.9. The highest BCUT2D eigenvalue weighted by Crippen LogP contribution is 2.09. The number of nitrogens with zero attached hydrogens (tertiary/aromatic N) is 2. The van der Waals surface area contributed by atoms with E-state index in [2.05, 4.69) is 11.9 Å². The molecule has 1 heterocycles. The van der Waals surface area contributed by atoms with Crippen LogP contribution in [0.25, 0.3) is 0 Å². The highest BCUT2D eigenvalue weighted by molar-refractivity contribution is 5.82. The minimum absolute atomic E-state index is 0.00769. The number of hydrogen-bond acceptors (Lipinski definition) is 3. The molecule has 84 valence electrons. The van der Waals surface area contributed by atoms with Gasteiger partial charge >= 0.3 is 0 Å². The predicted molar refractivity (Wildman–Crippen MR) is 59.4 cm³/mol. The highest BCUT2D eigenvalue weighted by Gasteiger charge is 2.17. The minimum atomic E-state index is -0.00769. The maximum Gasteiger partial charge on any atom is 0.144 e. The lowest BCUT2D eigenvalue weighted by Gasteiger charge is -2.11.